The molecule has 3 aromatic rings. The van der Waals surface area contributed by atoms with Crippen molar-refractivity contribution in [3.63, 3.8) is 0 Å². The molecule has 154 valence electrons. The predicted molar refractivity (Wildman–Crippen MR) is 110 cm³/mol. The predicted octanol–water partition coefficient (Wildman–Crippen LogP) is 1.76. The second-order valence-corrected chi connectivity index (χ2v) is 7.19. The summed E-state index contributed by atoms with van der Waals surface area (Å²) >= 11 is 3.46. The number of carbonyl (C=O) groups is 1. The molecule has 3 rings (SSSR count). The monoisotopic (exact) mass is 464 g/mol. The second-order valence-electron chi connectivity index (χ2n) is 6.34. The van der Waals surface area contributed by atoms with E-state index in [1.54, 1.807) is 18.6 Å². The van der Waals surface area contributed by atoms with Gasteiger partial charge in [-0.3, -0.25) is 18.7 Å². The van der Waals surface area contributed by atoms with Crippen molar-refractivity contribution in [1.82, 2.24) is 18.7 Å². The molecule has 0 spiro atoms. The van der Waals surface area contributed by atoms with Gasteiger partial charge in [-0.25, -0.2) is 9.78 Å². The molecule has 0 saturated heterocycles. The number of fused-ring (bicyclic) bond motifs is 1. The van der Waals surface area contributed by atoms with Crippen LogP contribution in [0.5, 0.6) is 5.75 Å². The Labute approximate surface area is 174 Å². The van der Waals surface area contributed by atoms with Crippen LogP contribution in [0.4, 0.5) is 0 Å². The van der Waals surface area contributed by atoms with Gasteiger partial charge in [0.05, 0.1) is 24.5 Å². The molecule has 0 atom stereocenters. The number of nitrogens with zero attached hydrogens (tertiary/aromatic N) is 4. The van der Waals surface area contributed by atoms with Gasteiger partial charge in [0.25, 0.3) is 5.56 Å². The maximum Gasteiger partial charge on any atom is 0.332 e. The molecule has 0 bridgehead atoms. The van der Waals surface area contributed by atoms with Crippen molar-refractivity contribution >= 4 is 33.1 Å². The van der Waals surface area contributed by atoms with Crippen molar-refractivity contribution in [3.8, 4) is 5.75 Å². The number of benzene rings is 1. The number of halogens is 1. The first-order valence-corrected chi connectivity index (χ1v) is 9.80. The normalized spacial score (nSPS) is 11.0. The van der Waals surface area contributed by atoms with Gasteiger partial charge in [0, 0.05) is 20.0 Å². The number of ether oxygens (including phenoxy) is 2. The van der Waals surface area contributed by atoms with Crippen LogP contribution < -0.4 is 16.0 Å². The third-order valence-electron chi connectivity index (χ3n) is 4.49. The lowest BCUT2D eigenvalue weighted by molar-refractivity contribution is -0.141. The maximum atomic E-state index is 12.9. The fraction of sp³-hybridized carbons (Fsp3) is 0.368. The SMILES string of the molecule is CCn1c(=O)c2c(ncn2Cc2ccc(OC)c(Br)c2)n(CCOC(C)=O)c1=O. The summed E-state index contributed by atoms with van der Waals surface area (Å²) in [5, 5.41) is 0. The summed E-state index contributed by atoms with van der Waals surface area (Å²) in [6.07, 6.45) is 1.53. The summed E-state index contributed by atoms with van der Waals surface area (Å²) in [6, 6.07) is 5.63. The van der Waals surface area contributed by atoms with E-state index >= 15 is 0 Å². The molecule has 1 aromatic carbocycles. The first-order chi connectivity index (χ1) is 13.9. The molecule has 0 aliphatic rings. The minimum absolute atomic E-state index is 0.0184. The Morgan fingerprint density at radius 2 is 2.00 bits per heavy atom. The average molecular weight is 465 g/mol. The molecular formula is C19H21BrN4O5. The molecule has 2 aromatic heterocycles. The third-order valence-corrected chi connectivity index (χ3v) is 5.11. The Morgan fingerprint density at radius 1 is 1.24 bits per heavy atom. The van der Waals surface area contributed by atoms with Crippen LogP contribution in [0.25, 0.3) is 11.2 Å². The number of hydrogen-bond acceptors (Lipinski definition) is 6. The Kier molecular flexibility index (Phi) is 6.21. The van der Waals surface area contributed by atoms with E-state index in [0.717, 1.165) is 14.6 Å². The molecule has 9 nitrogen and oxygen atoms in total. The van der Waals surface area contributed by atoms with Gasteiger partial charge in [0.2, 0.25) is 0 Å². The standard InChI is InChI=1S/C19H21BrN4O5/c1-4-23-18(26)16-17(24(19(23)27)7-8-29-12(2)25)21-11-22(16)10-13-5-6-15(28-3)14(20)9-13/h5-6,9,11H,4,7-8,10H2,1-3H3. The molecule has 0 fully saturated rings. The van der Waals surface area contributed by atoms with Crippen LogP contribution in [0.1, 0.15) is 19.4 Å². The van der Waals surface area contributed by atoms with Gasteiger partial charge in [0.1, 0.15) is 12.4 Å². The Bertz CT molecular complexity index is 1180. The molecule has 0 saturated carbocycles. The molecule has 29 heavy (non-hydrogen) atoms. The van der Waals surface area contributed by atoms with E-state index < -0.39 is 17.2 Å². The van der Waals surface area contributed by atoms with Gasteiger partial charge in [0.15, 0.2) is 11.2 Å². The van der Waals surface area contributed by atoms with Crippen molar-refractivity contribution in [2.24, 2.45) is 0 Å². The molecule has 0 aliphatic carbocycles. The van der Waals surface area contributed by atoms with E-state index in [-0.39, 0.29) is 25.3 Å². The fourth-order valence-electron chi connectivity index (χ4n) is 3.12. The molecule has 0 radical (unpaired) electrons. The molecular weight excluding hydrogens is 444 g/mol. The average Bonchev–Trinajstić information content (AvgIpc) is 3.08. The number of esters is 1. The topological polar surface area (TPSA) is 97.3 Å². The Morgan fingerprint density at radius 3 is 2.62 bits per heavy atom. The summed E-state index contributed by atoms with van der Waals surface area (Å²) in [5.41, 5.74) is 0.638. The van der Waals surface area contributed by atoms with E-state index in [2.05, 4.69) is 20.9 Å². The van der Waals surface area contributed by atoms with Gasteiger partial charge < -0.3 is 14.0 Å². The molecule has 0 amide bonds. The number of imidazole rings is 1. The highest BCUT2D eigenvalue weighted by molar-refractivity contribution is 9.10. The number of carbonyl (C=O) groups excluding carboxylic acids is 1. The fourth-order valence-corrected chi connectivity index (χ4v) is 3.71. The minimum Gasteiger partial charge on any atom is -0.496 e. The van der Waals surface area contributed by atoms with Gasteiger partial charge in [-0.05, 0) is 40.5 Å². The van der Waals surface area contributed by atoms with Crippen LogP contribution in [-0.2, 0) is 29.2 Å². The molecule has 2 heterocycles. The van der Waals surface area contributed by atoms with Crippen LogP contribution in [0.3, 0.4) is 0 Å². The summed E-state index contributed by atoms with van der Waals surface area (Å²) in [7, 11) is 1.59. The maximum absolute atomic E-state index is 12.9. The summed E-state index contributed by atoms with van der Waals surface area (Å²) in [6.45, 7) is 3.77. The Balaban J connectivity index is 2.08. The highest BCUT2D eigenvalue weighted by atomic mass is 79.9. The van der Waals surface area contributed by atoms with E-state index in [4.69, 9.17) is 9.47 Å². The van der Waals surface area contributed by atoms with Crippen LogP contribution in [0.2, 0.25) is 0 Å². The number of hydrogen-bond donors (Lipinski definition) is 0. The highest BCUT2D eigenvalue weighted by Crippen LogP contribution is 2.26. The summed E-state index contributed by atoms with van der Waals surface area (Å²) in [4.78, 5) is 41.0. The molecule has 10 heteroatoms. The first-order valence-electron chi connectivity index (χ1n) is 9.01. The smallest absolute Gasteiger partial charge is 0.332 e. The largest absolute Gasteiger partial charge is 0.496 e. The van der Waals surface area contributed by atoms with Crippen LogP contribution in [0, 0.1) is 0 Å². The minimum atomic E-state index is -0.477. The lowest BCUT2D eigenvalue weighted by Gasteiger charge is -2.12. The third kappa shape index (κ3) is 4.12. The van der Waals surface area contributed by atoms with Crippen LogP contribution >= 0.6 is 15.9 Å². The zero-order valence-electron chi connectivity index (χ0n) is 16.3. The molecule has 0 N–H and O–H groups in total. The van der Waals surface area contributed by atoms with E-state index in [0.29, 0.717) is 17.8 Å². The highest BCUT2D eigenvalue weighted by Gasteiger charge is 2.18. The lowest BCUT2D eigenvalue weighted by Crippen LogP contribution is -2.40. The van der Waals surface area contributed by atoms with Crippen LogP contribution in [0.15, 0.2) is 38.6 Å². The van der Waals surface area contributed by atoms with Crippen molar-refractivity contribution in [2.75, 3.05) is 13.7 Å². The van der Waals surface area contributed by atoms with Crippen molar-refractivity contribution in [1.29, 1.82) is 0 Å². The molecule has 0 aliphatic heterocycles. The van der Waals surface area contributed by atoms with Gasteiger partial charge in [-0.1, -0.05) is 6.07 Å². The zero-order valence-corrected chi connectivity index (χ0v) is 17.9. The second kappa shape index (κ2) is 8.64. The quantitative estimate of drug-likeness (QED) is 0.494. The zero-order chi connectivity index (χ0) is 21.1. The van der Waals surface area contributed by atoms with Gasteiger partial charge >= 0.3 is 11.7 Å². The first kappa shape index (κ1) is 20.8. The van der Waals surface area contributed by atoms with Gasteiger partial charge in [-0.2, -0.15) is 0 Å². The van der Waals surface area contributed by atoms with Gasteiger partial charge in [-0.15, -0.1) is 0 Å². The van der Waals surface area contributed by atoms with E-state index in [1.165, 1.54) is 17.8 Å². The number of rotatable bonds is 7. The molecule has 0 unspecified atom stereocenters. The van der Waals surface area contributed by atoms with Crippen molar-refractivity contribution in [2.45, 2.75) is 33.5 Å². The lowest BCUT2D eigenvalue weighted by atomic mass is 10.2. The van der Waals surface area contributed by atoms with E-state index in [1.807, 2.05) is 18.2 Å². The summed E-state index contributed by atoms with van der Waals surface area (Å²) < 4.78 is 15.2. The van der Waals surface area contributed by atoms with Crippen molar-refractivity contribution in [3.05, 3.63) is 55.4 Å². The summed E-state index contributed by atoms with van der Waals surface area (Å²) in [5.74, 6) is 0.269. The van der Waals surface area contributed by atoms with Crippen LogP contribution in [-0.4, -0.2) is 38.4 Å². The number of aromatic nitrogens is 4. The number of methoxy groups -OCH3 is 1. The Hall–Kier alpha value is -2.88. The van der Waals surface area contributed by atoms with Crippen molar-refractivity contribution < 1.29 is 14.3 Å². The van der Waals surface area contributed by atoms with E-state index in [9.17, 15) is 14.4 Å².